The Hall–Kier alpha value is -0.0800. The summed E-state index contributed by atoms with van der Waals surface area (Å²) in [6.07, 6.45) is 6.70. The van der Waals surface area contributed by atoms with Gasteiger partial charge < -0.3 is 4.84 Å². The van der Waals surface area contributed by atoms with Gasteiger partial charge in [0, 0.05) is 6.04 Å². The highest BCUT2D eigenvalue weighted by Crippen LogP contribution is 2.26. The Balaban J connectivity index is 2.31. The fourth-order valence-corrected chi connectivity index (χ4v) is 2.00. The molecule has 2 heteroatoms. The Labute approximate surface area is 69.3 Å². The Morgan fingerprint density at radius 3 is 2.73 bits per heavy atom. The first-order valence-corrected chi connectivity index (χ1v) is 4.67. The molecule has 0 heterocycles. The SMILES string of the molecule is CCC1CCCCC1NOC. The van der Waals surface area contributed by atoms with Crippen molar-refractivity contribution in [3.8, 4) is 0 Å². The van der Waals surface area contributed by atoms with Gasteiger partial charge in [0.1, 0.15) is 0 Å². The Morgan fingerprint density at radius 1 is 1.36 bits per heavy atom. The molecular formula is C9H19NO. The molecule has 1 N–H and O–H groups in total. The van der Waals surface area contributed by atoms with Crippen LogP contribution in [0.3, 0.4) is 0 Å². The predicted octanol–water partition coefficient (Wildman–Crippen LogP) is 2.11. The third-order valence-electron chi connectivity index (χ3n) is 2.70. The molecular weight excluding hydrogens is 138 g/mol. The zero-order valence-corrected chi connectivity index (χ0v) is 7.60. The van der Waals surface area contributed by atoms with Crippen LogP contribution >= 0.6 is 0 Å². The van der Waals surface area contributed by atoms with Gasteiger partial charge in [0.25, 0.3) is 0 Å². The zero-order chi connectivity index (χ0) is 8.10. The molecule has 0 aliphatic heterocycles. The summed E-state index contributed by atoms with van der Waals surface area (Å²) in [7, 11) is 1.71. The van der Waals surface area contributed by atoms with Crippen molar-refractivity contribution in [3.63, 3.8) is 0 Å². The van der Waals surface area contributed by atoms with E-state index in [0.29, 0.717) is 6.04 Å². The molecule has 2 nitrogen and oxygen atoms in total. The van der Waals surface area contributed by atoms with E-state index in [9.17, 15) is 0 Å². The van der Waals surface area contributed by atoms with E-state index in [1.54, 1.807) is 7.11 Å². The fraction of sp³-hybridized carbons (Fsp3) is 1.00. The maximum atomic E-state index is 4.96. The summed E-state index contributed by atoms with van der Waals surface area (Å²) >= 11 is 0. The summed E-state index contributed by atoms with van der Waals surface area (Å²) in [5.74, 6) is 0.837. The van der Waals surface area contributed by atoms with Crippen LogP contribution in [0.15, 0.2) is 0 Å². The first-order valence-electron chi connectivity index (χ1n) is 4.67. The molecule has 0 amide bonds. The molecule has 0 radical (unpaired) electrons. The van der Waals surface area contributed by atoms with Crippen molar-refractivity contribution in [1.29, 1.82) is 0 Å². The van der Waals surface area contributed by atoms with Crippen LogP contribution in [0.4, 0.5) is 0 Å². The predicted molar refractivity (Wildman–Crippen MR) is 46.2 cm³/mol. The molecule has 11 heavy (non-hydrogen) atoms. The molecule has 2 unspecified atom stereocenters. The van der Waals surface area contributed by atoms with Crippen LogP contribution in [-0.2, 0) is 4.84 Å². The molecule has 1 rings (SSSR count). The van der Waals surface area contributed by atoms with Gasteiger partial charge in [-0.15, -0.1) is 0 Å². The number of hydrogen-bond acceptors (Lipinski definition) is 2. The van der Waals surface area contributed by atoms with Gasteiger partial charge in [-0.1, -0.05) is 26.2 Å². The number of hydroxylamine groups is 1. The molecule has 66 valence electrons. The summed E-state index contributed by atoms with van der Waals surface area (Å²) in [4.78, 5) is 4.96. The van der Waals surface area contributed by atoms with E-state index in [2.05, 4.69) is 12.4 Å². The van der Waals surface area contributed by atoms with E-state index in [4.69, 9.17) is 4.84 Å². The maximum absolute atomic E-state index is 4.96. The van der Waals surface area contributed by atoms with Crippen molar-refractivity contribution >= 4 is 0 Å². The highest BCUT2D eigenvalue weighted by molar-refractivity contribution is 4.77. The molecule has 0 spiro atoms. The minimum atomic E-state index is 0.610. The van der Waals surface area contributed by atoms with Crippen LogP contribution in [0, 0.1) is 5.92 Å². The average molecular weight is 157 g/mol. The van der Waals surface area contributed by atoms with Crippen molar-refractivity contribution in [1.82, 2.24) is 5.48 Å². The van der Waals surface area contributed by atoms with Gasteiger partial charge in [-0.2, -0.15) is 5.48 Å². The highest BCUT2D eigenvalue weighted by atomic mass is 16.6. The minimum Gasteiger partial charge on any atom is -0.305 e. The number of rotatable bonds is 3. The quantitative estimate of drug-likeness (QED) is 0.633. The topological polar surface area (TPSA) is 21.3 Å². The maximum Gasteiger partial charge on any atom is 0.0572 e. The second-order valence-corrected chi connectivity index (χ2v) is 3.38. The van der Waals surface area contributed by atoms with Crippen molar-refractivity contribution in [2.75, 3.05) is 7.11 Å². The Morgan fingerprint density at radius 2 is 2.09 bits per heavy atom. The van der Waals surface area contributed by atoms with Crippen molar-refractivity contribution in [3.05, 3.63) is 0 Å². The summed E-state index contributed by atoms with van der Waals surface area (Å²) in [6, 6.07) is 0.610. The largest absolute Gasteiger partial charge is 0.305 e. The third-order valence-corrected chi connectivity index (χ3v) is 2.70. The zero-order valence-electron chi connectivity index (χ0n) is 7.60. The lowest BCUT2D eigenvalue weighted by molar-refractivity contribution is 0.0267. The smallest absolute Gasteiger partial charge is 0.0572 e. The number of nitrogens with one attached hydrogen (secondary N) is 1. The monoisotopic (exact) mass is 157 g/mol. The second kappa shape index (κ2) is 4.73. The first-order chi connectivity index (χ1) is 5.38. The fourth-order valence-electron chi connectivity index (χ4n) is 2.00. The molecule has 1 aliphatic rings. The molecule has 0 aromatic heterocycles. The first kappa shape index (κ1) is 9.01. The lowest BCUT2D eigenvalue weighted by atomic mass is 9.83. The molecule has 0 saturated heterocycles. The lowest BCUT2D eigenvalue weighted by Gasteiger charge is -2.30. The standard InChI is InChI=1S/C9H19NO/c1-3-8-6-4-5-7-9(8)10-11-2/h8-10H,3-7H2,1-2H3. The van der Waals surface area contributed by atoms with Crippen LogP contribution in [0.1, 0.15) is 39.0 Å². The van der Waals surface area contributed by atoms with Crippen LogP contribution in [0.2, 0.25) is 0 Å². The van der Waals surface area contributed by atoms with E-state index < -0.39 is 0 Å². The highest BCUT2D eigenvalue weighted by Gasteiger charge is 2.22. The summed E-state index contributed by atoms with van der Waals surface area (Å²) < 4.78 is 0. The molecule has 0 aromatic carbocycles. The lowest BCUT2D eigenvalue weighted by Crippen LogP contribution is -2.37. The molecule has 2 atom stereocenters. The average Bonchev–Trinajstić information content (AvgIpc) is 2.06. The van der Waals surface area contributed by atoms with Gasteiger partial charge in [0.05, 0.1) is 7.11 Å². The van der Waals surface area contributed by atoms with Gasteiger partial charge >= 0.3 is 0 Å². The summed E-state index contributed by atoms with van der Waals surface area (Å²) in [6.45, 7) is 2.26. The van der Waals surface area contributed by atoms with Gasteiger partial charge in [-0.3, -0.25) is 0 Å². The molecule has 0 aromatic rings. The van der Waals surface area contributed by atoms with Gasteiger partial charge in [0.2, 0.25) is 0 Å². The van der Waals surface area contributed by atoms with E-state index in [1.165, 1.54) is 32.1 Å². The molecule has 0 bridgehead atoms. The van der Waals surface area contributed by atoms with Crippen molar-refractivity contribution < 1.29 is 4.84 Å². The van der Waals surface area contributed by atoms with E-state index in [1.807, 2.05) is 0 Å². The second-order valence-electron chi connectivity index (χ2n) is 3.38. The van der Waals surface area contributed by atoms with E-state index in [-0.39, 0.29) is 0 Å². The normalized spacial score (nSPS) is 32.2. The summed E-state index contributed by atoms with van der Waals surface area (Å²) in [5, 5.41) is 0. The van der Waals surface area contributed by atoms with Crippen LogP contribution < -0.4 is 5.48 Å². The van der Waals surface area contributed by atoms with Crippen LogP contribution in [-0.4, -0.2) is 13.2 Å². The molecule has 1 aliphatic carbocycles. The molecule has 1 fully saturated rings. The van der Waals surface area contributed by atoms with Crippen LogP contribution in [0.5, 0.6) is 0 Å². The Kier molecular flexibility index (Phi) is 3.87. The van der Waals surface area contributed by atoms with E-state index in [0.717, 1.165) is 5.92 Å². The van der Waals surface area contributed by atoms with E-state index >= 15 is 0 Å². The van der Waals surface area contributed by atoms with Crippen molar-refractivity contribution in [2.24, 2.45) is 5.92 Å². The molecule has 1 saturated carbocycles. The van der Waals surface area contributed by atoms with Crippen molar-refractivity contribution in [2.45, 2.75) is 45.1 Å². The van der Waals surface area contributed by atoms with Gasteiger partial charge in [-0.05, 0) is 18.8 Å². The van der Waals surface area contributed by atoms with Gasteiger partial charge in [-0.25, -0.2) is 0 Å². The third kappa shape index (κ3) is 2.46. The Bertz CT molecular complexity index is 104. The summed E-state index contributed by atoms with van der Waals surface area (Å²) in [5.41, 5.74) is 3.09. The minimum absolute atomic E-state index is 0.610. The number of hydrogen-bond donors (Lipinski definition) is 1. The van der Waals surface area contributed by atoms with Crippen LogP contribution in [0.25, 0.3) is 0 Å². The van der Waals surface area contributed by atoms with Gasteiger partial charge in [0.15, 0.2) is 0 Å².